The Bertz CT molecular complexity index is 792. The number of likely N-dealkylation sites (tertiary alicyclic amines) is 1. The minimum atomic E-state index is -0.120. The molecule has 0 bridgehead atoms. The van der Waals surface area contributed by atoms with Crippen molar-refractivity contribution < 1.29 is 9.18 Å². The molecule has 0 saturated carbocycles. The highest BCUT2D eigenvalue weighted by atomic mass is 32.1. The SMILES string of the molecule is CC(C)c1nc(C(=O)N(C)CC2CCCN(CCc3ccccc3F)C2)cs1. The second-order valence-electron chi connectivity index (χ2n) is 8.06. The van der Waals surface area contributed by atoms with Crippen molar-refractivity contribution in [3.8, 4) is 0 Å². The molecule has 6 heteroatoms. The first kappa shape index (κ1) is 20.9. The molecule has 152 valence electrons. The van der Waals surface area contributed by atoms with Crippen LogP contribution in [0.2, 0.25) is 0 Å². The predicted molar refractivity (Wildman–Crippen MR) is 112 cm³/mol. The molecule has 1 amide bonds. The van der Waals surface area contributed by atoms with E-state index >= 15 is 0 Å². The fraction of sp³-hybridized carbons (Fsp3) is 0.545. The summed E-state index contributed by atoms with van der Waals surface area (Å²) < 4.78 is 13.8. The number of amides is 1. The molecule has 1 atom stereocenters. The number of hydrogen-bond donors (Lipinski definition) is 0. The third kappa shape index (κ3) is 5.39. The summed E-state index contributed by atoms with van der Waals surface area (Å²) >= 11 is 1.56. The van der Waals surface area contributed by atoms with Gasteiger partial charge in [0, 0.05) is 38.0 Å². The van der Waals surface area contributed by atoms with E-state index in [1.807, 2.05) is 29.5 Å². The molecule has 1 unspecified atom stereocenters. The zero-order valence-electron chi connectivity index (χ0n) is 17.0. The maximum Gasteiger partial charge on any atom is 0.273 e. The molecule has 1 aromatic heterocycles. The summed E-state index contributed by atoms with van der Waals surface area (Å²) in [6, 6.07) is 7.01. The number of piperidine rings is 1. The fourth-order valence-corrected chi connectivity index (χ4v) is 4.61. The van der Waals surface area contributed by atoms with Gasteiger partial charge in [0.1, 0.15) is 11.5 Å². The first-order chi connectivity index (χ1) is 13.4. The van der Waals surface area contributed by atoms with Crippen LogP contribution in [-0.4, -0.2) is 53.9 Å². The number of thiazole rings is 1. The molecule has 2 heterocycles. The van der Waals surface area contributed by atoms with Gasteiger partial charge in [-0.25, -0.2) is 9.37 Å². The van der Waals surface area contributed by atoms with Gasteiger partial charge in [-0.1, -0.05) is 32.0 Å². The van der Waals surface area contributed by atoms with E-state index < -0.39 is 0 Å². The van der Waals surface area contributed by atoms with Gasteiger partial charge in [0.2, 0.25) is 0 Å². The zero-order chi connectivity index (χ0) is 20.1. The van der Waals surface area contributed by atoms with Crippen LogP contribution in [0.3, 0.4) is 0 Å². The Kier molecular flexibility index (Phi) is 7.18. The van der Waals surface area contributed by atoms with Crippen LogP contribution in [0.4, 0.5) is 4.39 Å². The fourth-order valence-electron chi connectivity index (χ4n) is 3.80. The van der Waals surface area contributed by atoms with Crippen LogP contribution in [0.1, 0.15) is 53.7 Å². The van der Waals surface area contributed by atoms with Crippen molar-refractivity contribution >= 4 is 17.2 Å². The van der Waals surface area contributed by atoms with Crippen LogP contribution in [0.5, 0.6) is 0 Å². The lowest BCUT2D eigenvalue weighted by Gasteiger charge is -2.34. The van der Waals surface area contributed by atoms with E-state index in [9.17, 15) is 9.18 Å². The van der Waals surface area contributed by atoms with E-state index in [0.717, 1.165) is 56.0 Å². The summed E-state index contributed by atoms with van der Waals surface area (Å²) in [4.78, 5) is 21.4. The molecule has 4 nitrogen and oxygen atoms in total. The van der Waals surface area contributed by atoms with Crippen molar-refractivity contribution in [2.24, 2.45) is 5.92 Å². The van der Waals surface area contributed by atoms with Gasteiger partial charge in [0.05, 0.1) is 5.01 Å². The molecule has 0 aliphatic carbocycles. The quantitative estimate of drug-likeness (QED) is 0.686. The Morgan fingerprint density at radius 1 is 1.39 bits per heavy atom. The second-order valence-corrected chi connectivity index (χ2v) is 8.95. The molecule has 0 spiro atoms. The van der Waals surface area contributed by atoms with E-state index in [-0.39, 0.29) is 11.7 Å². The van der Waals surface area contributed by atoms with E-state index in [1.54, 1.807) is 17.4 Å². The van der Waals surface area contributed by atoms with Crippen LogP contribution in [-0.2, 0) is 6.42 Å². The van der Waals surface area contributed by atoms with Crippen LogP contribution in [0, 0.1) is 11.7 Å². The topological polar surface area (TPSA) is 36.4 Å². The van der Waals surface area contributed by atoms with E-state index in [2.05, 4.69) is 23.7 Å². The van der Waals surface area contributed by atoms with Gasteiger partial charge in [-0.2, -0.15) is 0 Å². The lowest BCUT2D eigenvalue weighted by molar-refractivity contribution is 0.0725. The number of rotatable bonds is 7. The largest absolute Gasteiger partial charge is 0.340 e. The van der Waals surface area contributed by atoms with Crippen LogP contribution < -0.4 is 0 Å². The zero-order valence-corrected chi connectivity index (χ0v) is 17.8. The van der Waals surface area contributed by atoms with E-state index in [0.29, 0.717) is 17.5 Å². The summed E-state index contributed by atoms with van der Waals surface area (Å²) in [6.07, 6.45) is 2.98. The molecule has 1 aromatic carbocycles. The highest BCUT2D eigenvalue weighted by molar-refractivity contribution is 7.09. The number of carbonyl (C=O) groups is 1. The molecule has 1 aliphatic rings. The summed E-state index contributed by atoms with van der Waals surface area (Å²) in [7, 11) is 1.87. The Morgan fingerprint density at radius 3 is 2.89 bits per heavy atom. The van der Waals surface area contributed by atoms with Crippen molar-refractivity contribution in [1.82, 2.24) is 14.8 Å². The van der Waals surface area contributed by atoms with Gasteiger partial charge < -0.3 is 9.80 Å². The monoisotopic (exact) mass is 403 g/mol. The highest BCUT2D eigenvalue weighted by Crippen LogP contribution is 2.22. The molecular weight excluding hydrogens is 373 g/mol. The maximum atomic E-state index is 13.8. The number of aromatic nitrogens is 1. The molecule has 1 aliphatic heterocycles. The first-order valence-electron chi connectivity index (χ1n) is 10.1. The lowest BCUT2D eigenvalue weighted by Crippen LogP contribution is -2.42. The Labute approximate surface area is 171 Å². The summed E-state index contributed by atoms with van der Waals surface area (Å²) in [5, 5.41) is 2.88. The molecular formula is C22H30FN3OS. The van der Waals surface area contributed by atoms with Crippen molar-refractivity contribution in [2.45, 2.75) is 39.0 Å². The summed E-state index contributed by atoms with van der Waals surface area (Å²) in [5.74, 6) is 0.682. The maximum absolute atomic E-state index is 13.8. The first-order valence-corrected chi connectivity index (χ1v) is 11.0. The van der Waals surface area contributed by atoms with Crippen molar-refractivity contribution in [2.75, 3.05) is 33.2 Å². The molecule has 1 fully saturated rings. The number of benzene rings is 1. The van der Waals surface area contributed by atoms with Gasteiger partial charge in [0.25, 0.3) is 5.91 Å². The van der Waals surface area contributed by atoms with Crippen LogP contribution in [0.15, 0.2) is 29.6 Å². The summed E-state index contributed by atoms with van der Waals surface area (Å²) in [5.41, 5.74) is 1.34. The van der Waals surface area contributed by atoms with Gasteiger partial charge >= 0.3 is 0 Å². The smallest absolute Gasteiger partial charge is 0.273 e. The number of carbonyl (C=O) groups excluding carboxylic acids is 1. The van der Waals surface area contributed by atoms with Crippen molar-refractivity contribution in [3.05, 3.63) is 51.7 Å². The Hall–Kier alpha value is -1.79. The lowest BCUT2D eigenvalue weighted by atomic mass is 9.97. The Balaban J connectivity index is 1.51. The summed E-state index contributed by atoms with van der Waals surface area (Å²) in [6.45, 7) is 7.79. The average Bonchev–Trinajstić information content (AvgIpc) is 3.17. The van der Waals surface area contributed by atoms with Gasteiger partial charge in [-0.15, -0.1) is 11.3 Å². The minimum absolute atomic E-state index is 0.00614. The van der Waals surface area contributed by atoms with Gasteiger partial charge in [-0.3, -0.25) is 4.79 Å². The van der Waals surface area contributed by atoms with E-state index in [4.69, 9.17) is 0 Å². The number of nitrogens with zero attached hydrogens (tertiary/aromatic N) is 3. The molecule has 2 aromatic rings. The molecule has 1 saturated heterocycles. The average molecular weight is 404 g/mol. The minimum Gasteiger partial charge on any atom is -0.340 e. The number of hydrogen-bond acceptors (Lipinski definition) is 4. The van der Waals surface area contributed by atoms with Crippen LogP contribution in [0.25, 0.3) is 0 Å². The standard InChI is InChI=1S/C22H30FN3OS/c1-16(2)21-24-20(15-28-21)22(27)25(3)13-17-7-6-11-26(14-17)12-10-18-8-4-5-9-19(18)23/h4-5,8-9,15-17H,6-7,10-14H2,1-3H3. The van der Waals surface area contributed by atoms with Crippen molar-refractivity contribution in [1.29, 1.82) is 0 Å². The van der Waals surface area contributed by atoms with Gasteiger partial charge in [0.15, 0.2) is 0 Å². The van der Waals surface area contributed by atoms with Crippen molar-refractivity contribution in [3.63, 3.8) is 0 Å². The molecule has 0 radical (unpaired) electrons. The Morgan fingerprint density at radius 2 is 2.18 bits per heavy atom. The van der Waals surface area contributed by atoms with Crippen LogP contribution >= 0.6 is 11.3 Å². The van der Waals surface area contributed by atoms with Gasteiger partial charge in [-0.05, 0) is 43.4 Å². The predicted octanol–water partition coefficient (Wildman–Crippen LogP) is 4.43. The normalized spacial score (nSPS) is 17.8. The number of halogens is 1. The second kappa shape index (κ2) is 9.61. The van der Waals surface area contributed by atoms with E-state index in [1.165, 1.54) is 6.07 Å². The third-order valence-electron chi connectivity index (χ3n) is 5.37. The highest BCUT2D eigenvalue weighted by Gasteiger charge is 2.24. The molecule has 3 rings (SSSR count). The molecule has 0 N–H and O–H groups in total. The third-order valence-corrected chi connectivity index (χ3v) is 6.52. The molecule has 28 heavy (non-hydrogen) atoms.